The Bertz CT molecular complexity index is 1530. The van der Waals surface area contributed by atoms with Crippen LogP contribution in [-0.4, -0.2) is 27.9 Å². The summed E-state index contributed by atoms with van der Waals surface area (Å²) in [6, 6.07) is 33.8. The van der Waals surface area contributed by atoms with Crippen molar-refractivity contribution >= 4 is 60.7 Å². The number of hydrogen-bond donors (Lipinski definition) is 0. The molecule has 0 spiro atoms. The van der Waals surface area contributed by atoms with E-state index in [9.17, 15) is 43.2 Å². The van der Waals surface area contributed by atoms with Gasteiger partial charge in [0, 0.05) is 0 Å². The van der Waals surface area contributed by atoms with E-state index in [0.29, 0.717) is 7.14 Å². The van der Waals surface area contributed by atoms with Gasteiger partial charge in [0.15, 0.2) is 0 Å². The molecule has 0 N–H and O–H groups in total. The normalized spacial score (nSPS) is 13.0. The average molecular weight is 888 g/mol. The Kier molecular flexibility index (Phi) is 13.0. The zero-order valence-corrected chi connectivity index (χ0v) is 28.2. The van der Waals surface area contributed by atoms with Gasteiger partial charge in [0.25, 0.3) is 0 Å². The molecular formula is C28H24F6I2O6S2. The van der Waals surface area contributed by atoms with Crippen LogP contribution in [0.3, 0.4) is 0 Å². The van der Waals surface area contributed by atoms with Gasteiger partial charge in [0.2, 0.25) is 0 Å². The second kappa shape index (κ2) is 15.8. The SMILES string of the molecule is O=S(=O)(OI(Cc1ccccc1)c1ccccc1)C(F)(F)F.O=S(=O)(OI(Cc1ccccc1)c1ccccc1)C(F)(F)F. The standard InChI is InChI=1S/2C14H12F3IO3S/c2*15-14(16,17)22(19,20)21-18(13-9-5-2-6-10-13)11-12-7-3-1-4-8-12/h2*1-10H,11H2. The molecule has 0 saturated carbocycles. The van der Waals surface area contributed by atoms with E-state index in [1.54, 1.807) is 121 Å². The Balaban J connectivity index is 0.000000240. The van der Waals surface area contributed by atoms with Crippen molar-refractivity contribution in [2.45, 2.75) is 19.9 Å². The number of alkyl halides is 8. The van der Waals surface area contributed by atoms with Crippen LogP contribution in [0.4, 0.5) is 26.3 Å². The summed E-state index contributed by atoms with van der Waals surface area (Å²) in [5.41, 5.74) is -9.33. The molecule has 0 radical (unpaired) electrons. The van der Waals surface area contributed by atoms with Gasteiger partial charge in [0.1, 0.15) is 0 Å². The molecule has 0 saturated heterocycles. The first kappa shape index (κ1) is 36.2. The Hall–Kier alpha value is -2.26. The molecule has 16 heteroatoms. The first-order chi connectivity index (χ1) is 20.6. The molecule has 0 aliphatic heterocycles. The van der Waals surface area contributed by atoms with E-state index in [1.807, 2.05) is 0 Å². The van der Waals surface area contributed by atoms with E-state index in [2.05, 4.69) is 5.03 Å². The van der Waals surface area contributed by atoms with Crippen molar-refractivity contribution in [3.05, 3.63) is 140 Å². The summed E-state index contributed by atoms with van der Waals surface area (Å²) in [7, 11) is -11.2. The Labute approximate surface area is 266 Å². The molecule has 4 aromatic carbocycles. The first-order valence-corrected chi connectivity index (χ1v) is 21.9. The minimum atomic E-state index is -5.60. The van der Waals surface area contributed by atoms with Crippen LogP contribution < -0.4 is 0 Å². The van der Waals surface area contributed by atoms with Crippen LogP contribution in [0.2, 0.25) is 0 Å². The van der Waals surface area contributed by atoms with Crippen molar-refractivity contribution < 1.29 is 48.2 Å². The summed E-state index contributed by atoms with van der Waals surface area (Å²) in [6.07, 6.45) is 0. The molecule has 0 atom stereocenters. The number of benzene rings is 4. The van der Waals surface area contributed by atoms with Crippen molar-refractivity contribution in [2.75, 3.05) is 0 Å². The summed E-state index contributed by atoms with van der Waals surface area (Å²) in [5.74, 6) is 0. The third-order valence-corrected chi connectivity index (χ3v) is 19.7. The number of rotatable bonds is 10. The second-order valence-electron chi connectivity index (χ2n) is 8.40. The Morgan fingerprint density at radius 1 is 0.455 bits per heavy atom. The van der Waals surface area contributed by atoms with E-state index in [0.717, 1.165) is 11.1 Å². The predicted molar refractivity (Wildman–Crippen MR) is 171 cm³/mol. The fraction of sp³-hybridized carbons (Fsp3) is 0.143. The molecule has 6 nitrogen and oxygen atoms in total. The molecule has 0 aromatic heterocycles. The van der Waals surface area contributed by atoms with Crippen LogP contribution in [0.25, 0.3) is 0 Å². The van der Waals surface area contributed by atoms with Crippen LogP contribution in [0.5, 0.6) is 0 Å². The molecule has 0 unspecified atom stereocenters. The van der Waals surface area contributed by atoms with E-state index >= 15 is 0 Å². The third-order valence-electron chi connectivity index (χ3n) is 5.07. The summed E-state index contributed by atoms with van der Waals surface area (Å²) in [6.45, 7) is 0. The summed E-state index contributed by atoms with van der Waals surface area (Å²) in [5, 5.41) is 0. The maximum absolute atomic E-state index is 12.6. The van der Waals surface area contributed by atoms with E-state index in [1.165, 1.54) is 0 Å². The average Bonchev–Trinajstić information content (AvgIpc) is 2.97. The Morgan fingerprint density at radius 3 is 0.955 bits per heavy atom. The number of hydrogen-bond acceptors (Lipinski definition) is 6. The van der Waals surface area contributed by atoms with Gasteiger partial charge >= 0.3 is 268 Å². The van der Waals surface area contributed by atoms with Gasteiger partial charge in [-0.25, -0.2) is 0 Å². The van der Waals surface area contributed by atoms with E-state index in [4.69, 9.17) is 0 Å². The molecular weight excluding hydrogens is 864 g/mol. The van der Waals surface area contributed by atoms with Crippen LogP contribution in [0, 0.1) is 7.14 Å². The minimum absolute atomic E-state index is 0.171. The molecule has 0 fully saturated rings. The Morgan fingerprint density at radius 2 is 0.705 bits per heavy atom. The summed E-state index contributed by atoms with van der Waals surface area (Å²) >= 11 is -6.12. The van der Waals surface area contributed by atoms with Crippen molar-refractivity contribution in [1.82, 2.24) is 0 Å². The topological polar surface area (TPSA) is 86.7 Å². The summed E-state index contributed by atoms with van der Waals surface area (Å²) in [4.78, 5) is 0. The van der Waals surface area contributed by atoms with Gasteiger partial charge in [-0.2, -0.15) is 0 Å². The maximum atomic E-state index is 12.6. The molecule has 44 heavy (non-hydrogen) atoms. The summed E-state index contributed by atoms with van der Waals surface area (Å²) < 4.78 is 131. The van der Waals surface area contributed by atoms with Gasteiger partial charge in [-0.05, 0) is 0 Å². The zero-order chi connectivity index (χ0) is 32.4. The van der Waals surface area contributed by atoms with Gasteiger partial charge < -0.3 is 0 Å². The first-order valence-electron chi connectivity index (χ1n) is 12.1. The zero-order valence-electron chi connectivity index (χ0n) is 22.3. The van der Waals surface area contributed by atoms with E-state index in [-0.39, 0.29) is 8.86 Å². The molecule has 0 aliphatic carbocycles. The predicted octanol–water partition coefficient (Wildman–Crippen LogP) is 8.69. The van der Waals surface area contributed by atoms with Crippen LogP contribution in [0.15, 0.2) is 121 Å². The fourth-order valence-corrected chi connectivity index (χ4v) is 16.4. The van der Waals surface area contributed by atoms with Crippen molar-refractivity contribution in [2.24, 2.45) is 0 Å². The second-order valence-corrected chi connectivity index (χ2v) is 21.2. The van der Waals surface area contributed by atoms with Crippen LogP contribution >= 0.6 is 40.5 Å². The fourth-order valence-electron chi connectivity index (χ4n) is 3.07. The van der Waals surface area contributed by atoms with Gasteiger partial charge in [-0.1, -0.05) is 0 Å². The monoisotopic (exact) mass is 888 g/mol. The van der Waals surface area contributed by atoms with E-state index < -0.39 is 71.7 Å². The third kappa shape index (κ3) is 11.0. The van der Waals surface area contributed by atoms with Gasteiger partial charge in [-0.3, -0.25) is 0 Å². The quantitative estimate of drug-likeness (QED) is 0.0686. The van der Waals surface area contributed by atoms with Crippen LogP contribution in [-0.2, 0) is 34.1 Å². The molecule has 4 rings (SSSR count). The van der Waals surface area contributed by atoms with Crippen molar-refractivity contribution in [1.29, 1.82) is 0 Å². The van der Waals surface area contributed by atoms with Gasteiger partial charge in [-0.15, -0.1) is 0 Å². The molecule has 0 amide bonds. The molecule has 0 bridgehead atoms. The van der Waals surface area contributed by atoms with Crippen LogP contribution in [0.1, 0.15) is 11.1 Å². The number of halogens is 8. The van der Waals surface area contributed by atoms with Gasteiger partial charge in [0.05, 0.1) is 0 Å². The van der Waals surface area contributed by atoms with Crippen molar-refractivity contribution in [3.63, 3.8) is 0 Å². The molecule has 240 valence electrons. The molecule has 0 aliphatic rings. The molecule has 0 heterocycles. The molecule has 4 aromatic rings. The van der Waals surface area contributed by atoms with Crippen molar-refractivity contribution in [3.8, 4) is 0 Å².